The highest BCUT2D eigenvalue weighted by Crippen LogP contribution is 2.26. The molecule has 1 aliphatic rings. The Hall–Kier alpha value is -2.08. The van der Waals surface area contributed by atoms with Crippen molar-refractivity contribution in [2.24, 2.45) is 10.9 Å². The van der Waals surface area contributed by atoms with Crippen molar-refractivity contribution in [3.05, 3.63) is 29.8 Å². The lowest BCUT2D eigenvalue weighted by Gasteiger charge is -2.12. The Kier molecular flexibility index (Phi) is 8.25. The van der Waals surface area contributed by atoms with Crippen LogP contribution in [0.1, 0.15) is 38.2 Å². The van der Waals surface area contributed by atoms with Gasteiger partial charge in [0.1, 0.15) is 0 Å². The zero-order valence-corrected chi connectivity index (χ0v) is 15.3. The third kappa shape index (κ3) is 6.74. The number of hydrogen-bond acceptors (Lipinski definition) is 3. The van der Waals surface area contributed by atoms with Crippen LogP contribution in [0.4, 0.5) is 5.69 Å². The first kappa shape index (κ1) is 19.2. The van der Waals surface area contributed by atoms with E-state index in [4.69, 9.17) is 4.74 Å². The molecule has 0 aromatic heterocycles. The second kappa shape index (κ2) is 10.7. The molecule has 2 rings (SSSR count). The molecule has 1 fully saturated rings. The number of guanidine groups is 1. The Labute approximate surface area is 150 Å². The third-order valence-corrected chi connectivity index (χ3v) is 4.28. The van der Waals surface area contributed by atoms with E-state index in [2.05, 4.69) is 20.9 Å². The number of amides is 1. The van der Waals surface area contributed by atoms with Crippen LogP contribution < -0.4 is 16.0 Å². The Morgan fingerprint density at radius 1 is 1.28 bits per heavy atom. The Balaban J connectivity index is 1.92. The van der Waals surface area contributed by atoms with E-state index >= 15 is 0 Å². The SMILES string of the molecule is CCNC(=NCc1cccc(NC(=O)C2CCCC2)c1)NCCOC. The molecule has 0 radical (unpaired) electrons. The van der Waals surface area contributed by atoms with Crippen LogP contribution in [0.25, 0.3) is 0 Å². The summed E-state index contributed by atoms with van der Waals surface area (Å²) < 4.78 is 5.04. The molecular formula is C19H30N4O2. The van der Waals surface area contributed by atoms with Gasteiger partial charge in [0.25, 0.3) is 0 Å². The number of carbonyl (C=O) groups is 1. The van der Waals surface area contributed by atoms with Crippen molar-refractivity contribution in [2.75, 3.05) is 32.1 Å². The van der Waals surface area contributed by atoms with Crippen LogP contribution in [0.15, 0.2) is 29.3 Å². The molecule has 1 amide bonds. The van der Waals surface area contributed by atoms with Gasteiger partial charge < -0.3 is 20.7 Å². The molecule has 1 aromatic carbocycles. The van der Waals surface area contributed by atoms with Gasteiger partial charge in [-0.3, -0.25) is 4.79 Å². The van der Waals surface area contributed by atoms with E-state index in [1.807, 2.05) is 31.2 Å². The zero-order chi connectivity index (χ0) is 17.9. The van der Waals surface area contributed by atoms with Gasteiger partial charge in [-0.05, 0) is 37.5 Å². The normalized spacial score (nSPS) is 15.2. The lowest BCUT2D eigenvalue weighted by molar-refractivity contribution is -0.119. The van der Waals surface area contributed by atoms with Gasteiger partial charge >= 0.3 is 0 Å². The molecule has 0 heterocycles. The van der Waals surface area contributed by atoms with Crippen LogP contribution in [-0.2, 0) is 16.1 Å². The molecule has 0 unspecified atom stereocenters. The molecule has 138 valence electrons. The smallest absolute Gasteiger partial charge is 0.227 e. The van der Waals surface area contributed by atoms with E-state index in [-0.39, 0.29) is 11.8 Å². The summed E-state index contributed by atoms with van der Waals surface area (Å²) in [5, 5.41) is 9.47. The molecule has 6 heteroatoms. The summed E-state index contributed by atoms with van der Waals surface area (Å²) in [6, 6.07) is 7.91. The maximum absolute atomic E-state index is 12.3. The average molecular weight is 346 g/mol. The topological polar surface area (TPSA) is 74.8 Å². The minimum Gasteiger partial charge on any atom is -0.383 e. The summed E-state index contributed by atoms with van der Waals surface area (Å²) in [6.45, 7) is 4.73. The van der Waals surface area contributed by atoms with Crippen LogP contribution in [-0.4, -0.2) is 38.7 Å². The van der Waals surface area contributed by atoms with Crippen molar-refractivity contribution >= 4 is 17.6 Å². The van der Waals surface area contributed by atoms with Crippen LogP contribution in [0.3, 0.4) is 0 Å². The maximum atomic E-state index is 12.3. The largest absolute Gasteiger partial charge is 0.383 e. The molecule has 0 bridgehead atoms. The fraction of sp³-hybridized carbons (Fsp3) is 0.579. The number of benzene rings is 1. The van der Waals surface area contributed by atoms with Crippen molar-refractivity contribution in [1.29, 1.82) is 0 Å². The fourth-order valence-electron chi connectivity index (χ4n) is 2.96. The Morgan fingerprint density at radius 2 is 2.08 bits per heavy atom. The second-order valence-corrected chi connectivity index (χ2v) is 6.29. The Morgan fingerprint density at radius 3 is 2.80 bits per heavy atom. The molecule has 0 aliphatic heterocycles. The second-order valence-electron chi connectivity index (χ2n) is 6.29. The van der Waals surface area contributed by atoms with Gasteiger partial charge in [0, 0.05) is 31.8 Å². The van der Waals surface area contributed by atoms with Gasteiger partial charge in [-0.1, -0.05) is 25.0 Å². The zero-order valence-electron chi connectivity index (χ0n) is 15.3. The minimum absolute atomic E-state index is 0.146. The predicted molar refractivity (Wildman–Crippen MR) is 102 cm³/mol. The molecule has 1 saturated carbocycles. The highest BCUT2D eigenvalue weighted by Gasteiger charge is 2.22. The number of nitrogens with one attached hydrogen (secondary N) is 3. The van der Waals surface area contributed by atoms with Crippen LogP contribution in [0.5, 0.6) is 0 Å². The third-order valence-electron chi connectivity index (χ3n) is 4.28. The van der Waals surface area contributed by atoms with E-state index in [0.717, 1.165) is 49.4 Å². The lowest BCUT2D eigenvalue weighted by atomic mass is 10.1. The first-order valence-corrected chi connectivity index (χ1v) is 9.14. The number of anilines is 1. The fourth-order valence-corrected chi connectivity index (χ4v) is 2.96. The molecule has 0 atom stereocenters. The van der Waals surface area contributed by atoms with Crippen molar-refractivity contribution < 1.29 is 9.53 Å². The van der Waals surface area contributed by atoms with E-state index < -0.39 is 0 Å². The number of hydrogen-bond donors (Lipinski definition) is 3. The highest BCUT2D eigenvalue weighted by atomic mass is 16.5. The predicted octanol–water partition coefficient (Wildman–Crippen LogP) is 2.52. The molecule has 0 spiro atoms. The summed E-state index contributed by atoms with van der Waals surface area (Å²) in [5.41, 5.74) is 1.91. The minimum atomic E-state index is 0.146. The van der Waals surface area contributed by atoms with Crippen molar-refractivity contribution in [3.8, 4) is 0 Å². The molecule has 25 heavy (non-hydrogen) atoms. The van der Waals surface area contributed by atoms with Gasteiger partial charge in [0.05, 0.1) is 13.2 Å². The van der Waals surface area contributed by atoms with E-state index in [9.17, 15) is 4.79 Å². The highest BCUT2D eigenvalue weighted by molar-refractivity contribution is 5.92. The summed E-state index contributed by atoms with van der Waals surface area (Å²) in [6.07, 6.45) is 4.34. The summed E-state index contributed by atoms with van der Waals surface area (Å²) in [5.74, 6) is 1.08. The van der Waals surface area contributed by atoms with Crippen LogP contribution in [0, 0.1) is 5.92 Å². The number of methoxy groups -OCH3 is 1. The van der Waals surface area contributed by atoms with Crippen molar-refractivity contribution in [1.82, 2.24) is 10.6 Å². The molecule has 3 N–H and O–H groups in total. The first-order valence-electron chi connectivity index (χ1n) is 9.14. The number of ether oxygens (including phenoxy) is 1. The summed E-state index contributed by atoms with van der Waals surface area (Å²) in [4.78, 5) is 16.8. The summed E-state index contributed by atoms with van der Waals surface area (Å²) in [7, 11) is 1.68. The molecular weight excluding hydrogens is 316 g/mol. The quantitative estimate of drug-likeness (QED) is 0.384. The molecule has 6 nitrogen and oxygen atoms in total. The first-order chi connectivity index (χ1) is 12.2. The van der Waals surface area contributed by atoms with Crippen molar-refractivity contribution in [3.63, 3.8) is 0 Å². The summed E-state index contributed by atoms with van der Waals surface area (Å²) >= 11 is 0. The number of carbonyl (C=O) groups excluding carboxylic acids is 1. The average Bonchev–Trinajstić information content (AvgIpc) is 3.15. The van der Waals surface area contributed by atoms with Gasteiger partial charge in [-0.15, -0.1) is 0 Å². The molecule has 0 saturated heterocycles. The van der Waals surface area contributed by atoms with Gasteiger partial charge in [0.15, 0.2) is 5.96 Å². The van der Waals surface area contributed by atoms with Gasteiger partial charge in [-0.2, -0.15) is 0 Å². The van der Waals surface area contributed by atoms with Gasteiger partial charge in [-0.25, -0.2) is 4.99 Å². The number of nitrogens with zero attached hydrogens (tertiary/aromatic N) is 1. The van der Waals surface area contributed by atoms with E-state index in [1.165, 1.54) is 0 Å². The monoisotopic (exact) mass is 346 g/mol. The van der Waals surface area contributed by atoms with E-state index in [0.29, 0.717) is 19.7 Å². The number of rotatable bonds is 8. The molecule has 1 aliphatic carbocycles. The van der Waals surface area contributed by atoms with E-state index in [1.54, 1.807) is 7.11 Å². The standard InChI is InChI=1S/C19H30N4O2/c1-3-20-19(21-11-12-25-2)22-14-15-7-6-10-17(13-15)23-18(24)16-8-4-5-9-16/h6-7,10,13,16H,3-5,8-9,11-12,14H2,1-2H3,(H,23,24)(H2,20,21,22). The van der Waals surface area contributed by atoms with Crippen LogP contribution in [0.2, 0.25) is 0 Å². The lowest BCUT2D eigenvalue weighted by Crippen LogP contribution is -2.38. The van der Waals surface area contributed by atoms with Crippen LogP contribution >= 0.6 is 0 Å². The maximum Gasteiger partial charge on any atom is 0.227 e. The number of aliphatic imine (C=N–C) groups is 1. The van der Waals surface area contributed by atoms with Gasteiger partial charge in [0.2, 0.25) is 5.91 Å². The van der Waals surface area contributed by atoms with Crippen molar-refractivity contribution in [2.45, 2.75) is 39.2 Å². The molecule has 1 aromatic rings. The Bertz CT molecular complexity index is 568.